The number of amides is 1. The van der Waals surface area contributed by atoms with Crippen molar-refractivity contribution in [2.45, 2.75) is 6.04 Å². The molecule has 1 unspecified atom stereocenters. The average molecular weight is 443 g/mol. The predicted molar refractivity (Wildman–Crippen MR) is 120 cm³/mol. The summed E-state index contributed by atoms with van der Waals surface area (Å²) in [6, 6.07) is 19.8. The molecule has 7 heteroatoms. The summed E-state index contributed by atoms with van der Waals surface area (Å²) in [5.41, 5.74) is 1.23. The van der Waals surface area contributed by atoms with E-state index in [2.05, 4.69) is 0 Å². The van der Waals surface area contributed by atoms with Crippen LogP contribution in [-0.4, -0.2) is 23.9 Å². The number of furan rings is 1. The van der Waals surface area contributed by atoms with Crippen LogP contribution in [0.4, 0.5) is 10.1 Å². The molecular formula is C26H18FNO5. The topological polar surface area (TPSA) is 80.0 Å². The zero-order chi connectivity index (χ0) is 23.1. The second-order valence-electron chi connectivity index (χ2n) is 7.57. The van der Waals surface area contributed by atoms with Crippen molar-refractivity contribution in [1.82, 2.24) is 0 Å². The summed E-state index contributed by atoms with van der Waals surface area (Å²) >= 11 is 0. The molecule has 6 nitrogen and oxygen atoms in total. The molecule has 1 aromatic heterocycles. The van der Waals surface area contributed by atoms with Crippen LogP contribution in [0.3, 0.4) is 0 Å². The van der Waals surface area contributed by atoms with Gasteiger partial charge in [0.25, 0.3) is 5.91 Å². The van der Waals surface area contributed by atoms with E-state index < -0.39 is 29.3 Å². The van der Waals surface area contributed by atoms with Crippen LogP contribution < -0.4 is 9.64 Å². The quantitative estimate of drug-likeness (QED) is 0.420. The second-order valence-corrected chi connectivity index (χ2v) is 7.57. The number of ether oxygens (including phenoxy) is 1. The first-order chi connectivity index (χ1) is 16.0. The molecule has 1 atom stereocenters. The SMILES string of the molecule is COc1cccc(N2C(=O)C(O)=C(C(=O)c3cc4ccccc4o3)C2c2ccc(F)cc2)c1. The zero-order valence-electron chi connectivity index (χ0n) is 17.5. The van der Waals surface area contributed by atoms with Gasteiger partial charge in [-0.05, 0) is 42.0 Å². The van der Waals surface area contributed by atoms with Crippen molar-refractivity contribution >= 4 is 28.3 Å². The van der Waals surface area contributed by atoms with E-state index in [0.29, 0.717) is 28.0 Å². The van der Waals surface area contributed by atoms with Gasteiger partial charge in [0.1, 0.15) is 17.1 Å². The van der Waals surface area contributed by atoms with Crippen molar-refractivity contribution in [3.05, 3.63) is 107 Å². The lowest BCUT2D eigenvalue weighted by molar-refractivity contribution is -0.117. The molecule has 0 fully saturated rings. The fourth-order valence-electron chi connectivity index (χ4n) is 4.05. The molecule has 1 aliphatic rings. The minimum atomic E-state index is -0.995. The summed E-state index contributed by atoms with van der Waals surface area (Å²) in [5.74, 6) is -2.04. The van der Waals surface area contributed by atoms with E-state index in [-0.39, 0.29) is 11.3 Å². The van der Waals surface area contributed by atoms with E-state index in [0.717, 1.165) is 0 Å². The Labute approximate surface area is 188 Å². The highest BCUT2D eigenvalue weighted by Crippen LogP contribution is 2.43. The summed E-state index contributed by atoms with van der Waals surface area (Å²) in [7, 11) is 1.49. The van der Waals surface area contributed by atoms with Gasteiger partial charge < -0.3 is 14.3 Å². The standard InChI is InChI=1S/C26H18FNO5/c1-32-19-7-4-6-18(14-19)28-23(15-9-11-17(27)12-10-15)22(25(30)26(28)31)24(29)21-13-16-5-2-3-8-20(16)33-21/h2-14,23,30H,1H3. The molecule has 0 radical (unpaired) electrons. The number of carbonyl (C=O) groups excluding carboxylic acids is 2. The summed E-state index contributed by atoms with van der Waals surface area (Å²) in [4.78, 5) is 28.0. The largest absolute Gasteiger partial charge is 0.503 e. The van der Waals surface area contributed by atoms with Crippen LogP contribution in [0.15, 0.2) is 94.6 Å². The Morgan fingerprint density at radius 1 is 1.03 bits per heavy atom. The van der Waals surface area contributed by atoms with Gasteiger partial charge >= 0.3 is 0 Å². The lowest BCUT2D eigenvalue weighted by Crippen LogP contribution is -2.31. The van der Waals surface area contributed by atoms with Gasteiger partial charge in [-0.2, -0.15) is 0 Å². The summed E-state index contributed by atoms with van der Waals surface area (Å²) in [6.45, 7) is 0. The fraction of sp³-hybridized carbons (Fsp3) is 0.0769. The van der Waals surface area contributed by atoms with E-state index >= 15 is 0 Å². The molecule has 0 aliphatic carbocycles. The Morgan fingerprint density at radius 2 is 1.79 bits per heavy atom. The number of hydrogen-bond donors (Lipinski definition) is 1. The number of methoxy groups -OCH3 is 1. The van der Waals surface area contributed by atoms with Gasteiger partial charge in [0, 0.05) is 17.1 Å². The Bertz CT molecular complexity index is 1390. The third-order valence-corrected chi connectivity index (χ3v) is 5.62. The van der Waals surface area contributed by atoms with Crippen molar-refractivity contribution in [3.8, 4) is 5.75 Å². The third kappa shape index (κ3) is 3.43. The molecule has 5 rings (SSSR count). The molecule has 2 heterocycles. The number of nitrogens with zero attached hydrogens (tertiary/aromatic N) is 1. The highest BCUT2D eigenvalue weighted by atomic mass is 19.1. The number of hydrogen-bond acceptors (Lipinski definition) is 5. The van der Waals surface area contributed by atoms with Gasteiger partial charge in [-0.15, -0.1) is 0 Å². The van der Waals surface area contributed by atoms with Gasteiger partial charge in [0.2, 0.25) is 5.78 Å². The lowest BCUT2D eigenvalue weighted by atomic mass is 9.94. The molecule has 164 valence electrons. The Hall–Kier alpha value is -4.39. The molecule has 0 saturated carbocycles. The van der Waals surface area contributed by atoms with Gasteiger partial charge in [-0.3, -0.25) is 14.5 Å². The maximum absolute atomic E-state index is 13.6. The molecule has 33 heavy (non-hydrogen) atoms. The normalized spacial score (nSPS) is 16.0. The number of halogens is 1. The first kappa shape index (κ1) is 20.5. The minimum absolute atomic E-state index is 0.00912. The van der Waals surface area contributed by atoms with E-state index in [1.165, 1.54) is 36.3 Å². The van der Waals surface area contributed by atoms with Crippen molar-refractivity contribution in [2.75, 3.05) is 12.0 Å². The van der Waals surface area contributed by atoms with Crippen LogP contribution in [0.1, 0.15) is 22.2 Å². The minimum Gasteiger partial charge on any atom is -0.503 e. The van der Waals surface area contributed by atoms with Crippen molar-refractivity contribution < 1.29 is 28.2 Å². The summed E-state index contributed by atoms with van der Waals surface area (Å²) in [5, 5.41) is 11.5. The number of carbonyl (C=O) groups is 2. The second kappa shape index (κ2) is 7.94. The van der Waals surface area contributed by atoms with Crippen LogP contribution >= 0.6 is 0 Å². The first-order valence-electron chi connectivity index (χ1n) is 10.2. The smallest absolute Gasteiger partial charge is 0.294 e. The number of aliphatic hydroxyl groups excluding tert-OH is 1. The van der Waals surface area contributed by atoms with Crippen LogP contribution in [0, 0.1) is 5.82 Å². The number of anilines is 1. The molecule has 3 aromatic carbocycles. The van der Waals surface area contributed by atoms with Crippen LogP contribution in [0.5, 0.6) is 5.75 Å². The van der Waals surface area contributed by atoms with Gasteiger partial charge in [0.05, 0.1) is 18.7 Å². The van der Waals surface area contributed by atoms with Crippen LogP contribution in [0.25, 0.3) is 11.0 Å². The van der Waals surface area contributed by atoms with Crippen molar-refractivity contribution in [2.24, 2.45) is 0 Å². The third-order valence-electron chi connectivity index (χ3n) is 5.62. The molecule has 0 saturated heterocycles. The van der Waals surface area contributed by atoms with E-state index in [4.69, 9.17) is 9.15 Å². The Kier molecular flexibility index (Phi) is 4.94. The Balaban J connectivity index is 1.66. The number of Topliss-reactive ketones (excluding diaryl/α,β-unsaturated/α-hetero) is 1. The maximum atomic E-state index is 13.6. The van der Waals surface area contributed by atoms with Gasteiger partial charge in [0.15, 0.2) is 11.5 Å². The number of rotatable bonds is 5. The van der Waals surface area contributed by atoms with Crippen molar-refractivity contribution in [1.29, 1.82) is 0 Å². The summed E-state index contributed by atoms with van der Waals surface area (Å²) in [6.07, 6.45) is 0. The average Bonchev–Trinajstić information content (AvgIpc) is 3.38. The molecule has 1 aliphatic heterocycles. The monoisotopic (exact) mass is 443 g/mol. The molecule has 4 aromatic rings. The number of para-hydroxylation sites is 1. The molecule has 0 bridgehead atoms. The lowest BCUT2D eigenvalue weighted by Gasteiger charge is -2.27. The molecule has 1 amide bonds. The highest BCUT2D eigenvalue weighted by molar-refractivity contribution is 6.20. The van der Waals surface area contributed by atoms with Gasteiger partial charge in [-0.25, -0.2) is 4.39 Å². The number of aliphatic hydroxyl groups is 1. The maximum Gasteiger partial charge on any atom is 0.294 e. The van der Waals surface area contributed by atoms with Crippen LogP contribution in [0.2, 0.25) is 0 Å². The van der Waals surface area contributed by atoms with E-state index in [1.54, 1.807) is 48.5 Å². The number of benzene rings is 3. The van der Waals surface area contributed by atoms with E-state index in [1.807, 2.05) is 6.07 Å². The highest BCUT2D eigenvalue weighted by Gasteiger charge is 2.45. The number of ketones is 1. The van der Waals surface area contributed by atoms with E-state index in [9.17, 15) is 19.1 Å². The zero-order valence-corrected chi connectivity index (χ0v) is 17.5. The van der Waals surface area contributed by atoms with Crippen LogP contribution in [-0.2, 0) is 4.79 Å². The fourth-order valence-corrected chi connectivity index (χ4v) is 4.05. The summed E-state index contributed by atoms with van der Waals surface area (Å²) < 4.78 is 24.6. The molecular weight excluding hydrogens is 425 g/mol. The first-order valence-corrected chi connectivity index (χ1v) is 10.2. The Morgan fingerprint density at radius 3 is 2.52 bits per heavy atom. The van der Waals surface area contributed by atoms with Crippen molar-refractivity contribution in [3.63, 3.8) is 0 Å². The van der Waals surface area contributed by atoms with Gasteiger partial charge in [-0.1, -0.05) is 36.4 Å². The number of fused-ring (bicyclic) bond motifs is 1. The molecule has 0 spiro atoms. The predicted octanol–water partition coefficient (Wildman–Crippen LogP) is 5.36. The molecule has 1 N–H and O–H groups in total.